The molecule has 0 saturated heterocycles. The molecule has 0 bridgehead atoms. The number of para-hydroxylation sites is 1. The minimum absolute atomic E-state index is 0.338. The first kappa shape index (κ1) is 13.3. The predicted octanol–water partition coefficient (Wildman–Crippen LogP) is 3.11. The number of aromatic nitrogens is 3. The standard InChI is InChI=1S/C16H22N4/c1-17-16(13-8-4-2-5-9-13)15-12-18-19-20(15)14-10-6-3-7-11-14/h3,6-7,10-13,16-17H,2,4-5,8-9H2,1H3. The van der Waals surface area contributed by atoms with Gasteiger partial charge in [-0.1, -0.05) is 42.7 Å². The number of nitrogens with one attached hydrogen (secondary N) is 1. The molecule has 2 aromatic rings. The monoisotopic (exact) mass is 270 g/mol. The average molecular weight is 270 g/mol. The first-order chi connectivity index (χ1) is 9.90. The van der Waals surface area contributed by atoms with Crippen LogP contribution in [-0.4, -0.2) is 22.0 Å². The molecule has 1 aromatic heterocycles. The van der Waals surface area contributed by atoms with Crippen molar-refractivity contribution >= 4 is 0 Å². The summed E-state index contributed by atoms with van der Waals surface area (Å²) in [5, 5.41) is 11.9. The van der Waals surface area contributed by atoms with E-state index in [0.29, 0.717) is 12.0 Å². The molecule has 4 heteroatoms. The third kappa shape index (κ3) is 2.61. The lowest BCUT2D eigenvalue weighted by molar-refractivity contribution is 0.275. The van der Waals surface area contributed by atoms with Crippen molar-refractivity contribution < 1.29 is 0 Å². The van der Waals surface area contributed by atoms with Crippen LogP contribution in [0, 0.1) is 5.92 Å². The summed E-state index contributed by atoms with van der Waals surface area (Å²) in [5.41, 5.74) is 2.25. The molecule has 1 aromatic carbocycles. The molecule has 1 saturated carbocycles. The van der Waals surface area contributed by atoms with E-state index in [2.05, 4.69) is 27.8 Å². The van der Waals surface area contributed by atoms with Crippen LogP contribution >= 0.6 is 0 Å². The molecule has 3 rings (SSSR count). The lowest BCUT2D eigenvalue weighted by atomic mass is 9.83. The smallest absolute Gasteiger partial charge is 0.0817 e. The average Bonchev–Trinajstić information content (AvgIpc) is 2.99. The molecule has 0 amide bonds. The molecule has 1 atom stereocenters. The van der Waals surface area contributed by atoms with Crippen LogP contribution in [0.1, 0.15) is 43.8 Å². The van der Waals surface area contributed by atoms with E-state index in [1.54, 1.807) is 0 Å². The Kier molecular flexibility index (Phi) is 4.11. The molecule has 106 valence electrons. The molecule has 1 aliphatic rings. The molecule has 1 fully saturated rings. The molecule has 1 aliphatic carbocycles. The number of rotatable bonds is 4. The van der Waals surface area contributed by atoms with Crippen LogP contribution in [0.5, 0.6) is 0 Å². The van der Waals surface area contributed by atoms with E-state index in [1.807, 2.05) is 36.1 Å². The molecule has 0 radical (unpaired) electrons. The van der Waals surface area contributed by atoms with E-state index < -0.39 is 0 Å². The zero-order valence-corrected chi connectivity index (χ0v) is 12.0. The van der Waals surface area contributed by atoms with E-state index in [1.165, 1.54) is 37.8 Å². The Bertz CT molecular complexity index is 528. The quantitative estimate of drug-likeness (QED) is 0.928. The molecule has 1 N–H and O–H groups in total. The summed E-state index contributed by atoms with van der Waals surface area (Å²) in [4.78, 5) is 0. The highest BCUT2D eigenvalue weighted by Gasteiger charge is 2.27. The van der Waals surface area contributed by atoms with Gasteiger partial charge in [-0.05, 0) is 37.9 Å². The van der Waals surface area contributed by atoms with E-state index in [9.17, 15) is 0 Å². The maximum Gasteiger partial charge on any atom is 0.0817 e. The summed E-state index contributed by atoms with van der Waals surface area (Å²) in [6.07, 6.45) is 8.56. The minimum atomic E-state index is 0.338. The highest BCUT2D eigenvalue weighted by atomic mass is 15.4. The van der Waals surface area contributed by atoms with Crippen LogP contribution in [0.4, 0.5) is 0 Å². The number of nitrogens with zero attached hydrogens (tertiary/aromatic N) is 3. The second kappa shape index (κ2) is 6.18. The van der Waals surface area contributed by atoms with Crippen molar-refractivity contribution in [3.05, 3.63) is 42.2 Å². The van der Waals surface area contributed by atoms with Gasteiger partial charge in [-0.15, -0.1) is 5.10 Å². The lowest BCUT2D eigenvalue weighted by Gasteiger charge is -2.30. The van der Waals surface area contributed by atoms with Crippen molar-refractivity contribution in [2.24, 2.45) is 5.92 Å². The second-order valence-electron chi connectivity index (χ2n) is 5.57. The van der Waals surface area contributed by atoms with Crippen molar-refractivity contribution in [2.45, 2.75) is 38.1 Å². The van der Waals surface area contributed by atoms with Crippen molar-refractivity contribution in [2.75, 3.05) is 7.05 Å². The first-order valence-corrected chi connectivity index (χ1v) is 7.53. The van der Waals surface area contributed by atoms with Gasteiger partial charge in [0.1, 0.15) is 0 Å². The van der Waals surface area contributed by atoms with Crippen LogP contribution in [0.2, 0.25) is 0 Å². The Morgan fingerprint density at radius 3 is 2.60 bits per heavy atom. The fourth-order valence-electron chi connectivity index (χ4n) is 3.32. The molecule has 4 nitrogen and oxygen atoms in total. The summed E-state index contributed by atoms with van der Waals surface area (Å²) in [6, 6.07) is 10.6. The summed E-state index contributed by atoms with van der Waals surface area (Å²) < 4.78 is 1.97. The third-order valence-electron chi connectivity index (χ3n) is 4.33. The highest BCUT2D eigenvalue weighted by molar-refractivity contribution is 5.32. The van der Waals surface area contributed by atoms with Gasteiger partial charge < -0.3 is 5.32 Å². The summed E-state index contributed by atoms with van der Waals surface area (Å²) >= 11 is 0. The maximum absolute atomic E-state index is 4.28. The molecule has 0 aliphatic heterocycles. The molecular formula is C16H22N4. The Hall–Kier alpha value is -1.68. The Morgan fingerprint density at radius 2 is 1.90 bits per heavy atom. The SMILES string of the molecule is CNC(c1cnnn1-c1ccccc1)C1CCCCC1. The topological polar surface area (TPSA) is 42.7 Å². The Labute approximate surface area is 120 Å². The van der Waals surface area contributed by atoms with Gasteiger partial charge in [0.2, 0.25) is 0 Å². The van der Waals surface area contributed by atoms with E-state index in [-0.39, 0.29) is 0 Å². The van der Waals surface area contributed by atoms with Crippen LogP contribution in [0.15, 0.2) is 36.5 Å². The molecular weight excluding hydrogens is 248 g/mol. The van der Waals surface area contributed by atoms with Crippen molar-refractivity contribution in [3.63, 3.8) is 0 Å². The van der Waals surface area contributed by atoms with Gasteiger partial charge in [0.25, 0.3) is 0 Å². The Morgan fingerprint density at radius 1 is 1.15 bits per heavy atom. The fourth-order valence-corrected chi connectivity index (χ4v) is 3.32. The largest absolute Gasteiger partial charge is 0.311 e. The zero-order chi connectivity index (χ0) is 13.8. The maximum atomic E-state index is 4.28. The second-order valence-corrected chi connectivity index (χ2v) is 5.57. The first-order valence-electron chi connectivity index (χ1n) is 7.53. The highest BCUT2D eigenvalue weighted by Crippen LogP contribution is 2.34. The van der Waals surface area contributed by atoms with Gasteiger partial charge >= 0.3 is 0 Å². The fraction of sp³-hybridized carbons (Fsp3) is 0.500. The van der Waals surface area contributed by atoms with Gasteiger partial charge in [0.15, 0.2) is 0 Å². The summed E-state index contributed by atoms with van der Waals surface area (Å²) in [6.45, 7) is 0. The summed E-state index contributed by atoms with van der Waals surface area (Å²) in [7, 11) is 2.04. The van der Waals surface area contributed by atoms with E-state index in [4.69, 9.17) is 0 Å². The van der Waals surface area contributed by atoms with Gasteiger partial charge in [-0.25, -0.2) is 4.68 Å². The third-order valence-corrected chi connectivity index (χ3v) is 4.33. The number of hydrogen-bond acceptors (Lipinski definition) is 3. The normalized spacial score (nSPS) is 18.1. The molecule has 1 heterocycles. The number of hydrogen-bond donors (Lipinski definition) is 1. The van der Waals surface area contributed by atoms with Gasteiger partial charge in [-0.3, -0.25) is 0 Å². The lowest BCUT2D eigenvalue weighted by Crippen LogP contribution is -2.29. The van der Waals surface area contributed by atoms with Gasteiger partial charge in [0.05, 0.1) is 23.6 Å². The molecule has 1 unspecified atom stereocenters. The van der Waals surface area contributed by atoms with E-state index in [0.717, 1.165) is 5.69 Å². The van der Waals surface area contributed by atoms with Crippen LogP contribution < -0.4 is 5.32 Å². The van der Waals surface area contributed by atoms with Crippen molar-refractivity contribution in [1.82, 2.24) is 20.3 Å². The predicted molar refractivity (Wildman–Crippen MR) is 79.7 cm³/mol. The van der Waals surface area contributed by atoms with Crippen LogP contribution in [-0.2, 0) is 0 Å². The van der Waals surface area contributed by atoms with Crippen molar-refractivity contribution in [3.8, 4) is 5.69 Å². The zero-order valence-electron chi connectivity index (χ0n) is 12.0. The molecule has 0 spiro atoms. The summed E-state index contributed by atoms with van der Waals surface area (Å²) in [5.74, 6) is 0.690. The molecule has 20 heavy (non-hydrogen) atoms. The minimum Gasteiger partial charge on any atom is -0.311 e. The van der Waals surface area contributed by atoms with Gasteiger partial charge in [0, 0.05) is 0 Å². The van der Waals surface area contributed by atoms with E-state index >= 15 is 0 Å². The Balaban J connectivity index is 1.91. The van der Waals surface area contributed by atoms with Crippen molar-refractivity contribution in [1.29, 1.82) is 0 Å². The van der Waals surface area contributed by atoms with Crippen LogP contribution in [0.3, 0.4) is 0 Å². The van der Waals surface area contributed by atoms with Crippen LogP contribution in [0.25, 0.3) is 5.69 Å². The van der Waals surface area contributed by atoms with Gasteiger partial charge in [-0.2, -0.15) is 0 Å². The number of benzene rings is 1.